The van der Waals surface area contributed by atoms with Gasteiger partial charge in [-0.25, -0.2) is 23.7 Å². The molecular formula is C19H24F2N6O. The average Bonchev–Trinajstić information content (AvgIpc) is 3.33. The number of nitrogens with zero attached hydrogens (tertiary/aromatic N) is 5. The van der Waals surface area contributed by atoms with Crippen LogP contribution in [-0.4, -0.2) is 63.5 Å². The molecule has 0 unspecified atom stereocenters. The van der Waals surface area contributed by atoms with Crippen molar-refractivity contribution >= 4 is 5.95 Å². The molecule has 1 N–H and O–H groups in total. The minimum absolute atomic E-state index is 0.139. The van der Waals surface area contributed by atoms with Crippen molar-refractivity contribution in [3.8, 4) is 0 Å². The maximum absolute atomic E-state index is 13.5. The fraction of sp³-hybridized carbons (Fsp3) is 0.632. The summed E-state index contributed by atoms with van der Waals surface area (Å²) < 4.78 is 32.9. The van der Waals surface area contributed by atoms with Gasteiger partial charge in [0.05, 0.1) is 30.7 Å². The number of hydrogen-bond donors (Lipinski definition) is 1. The quantitative estimate of drug-likeness (QED) is 0.866. The summed E-state index contributed by atoms with van der Waals surface area (Å²) in [6.45, 7) is 4.35. The van der Waals surface area contributed by atoms with Crippen LogP contribution in [0, 0.1) is 0 Å². The predicted molar refractivity (Wildman–Crippen MR) is 98.2 cm³/mol. The van der Waals surface area contributed by atoms with Crippen molar-refractivity contribution in [3.63, 3.8) is 0 Å². The van der Waals surface area contributed by atoms with Crippen molar-refractivity contribution in [2.24, 2.45) is 0 Å². The lowest BCUT2D eigenvalue weighted by Gasteiger charge is -2.36. The molecule has 7 nitrogen and oxygen atoms in total. The third-order valence-corrected chi connectivity index (χ3v) is 6.15. The minimum Gasteiger partial charge on any atom is -0.376 e. The molecule has 0 aromatic carbocycles. The number of fused-ring (bicyclic) bond motifs is 2. The van der Waals surface area contributed by atoms with Gasteiger partial charge in [-0.3, -0.25) is 4.90 Å². The molecule has 2 fully saturated rings. The molecule has 28 heavy (non-hydrogen) atoms. The fourth-order valence-corrected chi connectivity index (χ4v) is 4.59. The SMILES string of the molecule is FC1(F)CCN(c2ncc3c(n2)[C@]2(CCN(Cc4cnc[nH]4)C2)COC3)CC1. The van der Waals surface area contributed by atoms with Crippen LogP contribution in [0.5, 0.6) is 0 Å². The highest BCUT2D eigenvalue weighted by atomic mass is 19.3. The van der Waals surface area contributed by atoms with Crippen LogP contribution in [0.4, 0.5) is 14.7 Å². The highest BCUT2D eigenvalue weighted by molar-refractivity contribution is 5.39. The average molecular weight is 390 g/mol. The van der Waals surface area contributed by atoms with Crippen LogP contribution in [0.2, 0.25) is 0 Å². The van der Waals surface area contributed by atoms with Crippen LogP contribution in [0.25, 0.3) is 0 Å². The van der Waals surface area contributed by atoms with Gasteiger partial charge in [0.2, 0.25) is 5.95 Å². The van der Waals surface area contributed by atoms with Crippen molar-refractivity contribution in [2.75, 3.05) is 37.7 Å². The number of piperidine rings is 1. The van der Waals surface area contributed by atoms with Gasteiger partial charge in [0.15, 0.2) is 0 Å². The Hall–Kier alpha value is -2.13. The van der Waals surface area contributed by atoms with Crippen LogP contribution in [0.1, 0.15) is 36.2 Å². The minimum atomic E-state index is -2.57. The third-order valence-electron chi connectivity index (χ3n) is 6.15. The summed E-state index contributed by atoms with van der Waals surface area (Å²) in [4.78, 5) is 20.9. The molecule has 1 atom stereocenters. The second-order valence-electron chi connectivity index (χ2n) is 8.20. The number of hydrogen-bond acceptors (Lipinski definition) is 6. The molecule has 2 aromatic heterocycles. The number of rotatable bonds is 3. The number of imidazole rings is 1. The van der Waals surface area contributed by atoms with E-state index in [1.807, 2.05) is 17.3 Å². The zero-order chi connectivity index (χ0) is 19.2. The van der Waals surface area contributed by atoms with E-state index in [1.165, 1.54) is 0 Å². The van der Waals surface area contributed by atoms with Crippen molar-refractivity contribution in [3.05, 3.63) is 35.7 Å². The van der Waals surface area contributed by atoms with Gasteiger partial charge < -0.3 is 14.6 Å². The van der Waals surface area contributed by atoms with Gasteiger partial charge in [-0.05, 0) is 13.0 Å². The standard InChI is InChI=1S/C19H24F2N6O/c20-19(21)2-5-27(6-3-19)17-23-7-14-10-28-12-18(16(14)25-17)1-4-26(11-18)9-15-8-22-13-24-15/h7-8,13H,1-6,9-12H2,(H,22,24)/t18-/m0/s1. The van der Waals surface area contributed by atoms with Crippen LogP contribution in [-0.2, 0) is 23.3 Å². The number of alkyl halides is 2. The number of nitrogens with one attached hydrogen (secondary N) is 1. The molecule has 1 spiro atoms. The second kappa shape index (κ2) is 6.73. The smallest absolute Gasteiger partial charge is 0.251 e. The number of ether oxygens (including phenoxy) is 1. The Balaban J connectivity index is 1.38. The normalized spacial score (nSPS) is 27.3. The second-order valence-corrected chi connectivity index (χ2v) is 8.20. The summed E-state index contributed by atoms with van der Waals surface area (Å²) in [5, 5.41) is 0. The highest BCUT2D eigenvalue weighted by Gasteiger charge is 2.45. The van der Waals surface area contributed by atoms with Gasteiger partial charge in [-0.1, -0.05) is 0 Å². The van der Waals surface area contributed by atoms with E-state index in [1.54, 1.807) is 6.33 Å². The van der Waals surface area contributed by atoms with Gasteiger partial charge in [0, 0.05) is 62.7 Å². The van der Waals surface area contributed by atoms with Crippen LogP contribution in [0.3, 0.4) is 0 Å². The fourth-order valence-electron chi connectivity index (χ4n) is 4.59. The zero-order valence-electron chi connectivity index (χ0n) is 15.7. The molecule has 9 heteroatoms. The van der Waals surface area contributed by atoms with Crippen LogP contribution < -0.4 is 4.90 Å². The molecule has 5 rings (SSSR count). The van der Waals surface area contributed by atoms with Gasteiger partial charge in [-0.2, -0.15) is 0 Å². The van der Waals surface area contributed by atoms with Gasteiger partial charge in [-0.15, -0.1) is 0 Å². The third kappa shape index (κ3) is 3.26. The van der Waals surface area contributed by atoms with E-state index in [9.17, 15) is 8.78 Å². The number of likely N-dealkylation sites (tertiary alicyclic amines) is 1. The van der Waals surface area contributed by atoms with Gasteiger partial charge >= 0.3 is 0 Å². The summed E-state index contributed by atoms with van der Waals surface area (Å²) in [6, 6.07) is 0. The Morgan fingerprint density at radius 1 is 1.14 bits per heavy atom. The lowest BCUT2D eigenvalue weighted by molar-refractivity contribution is -0.0223. The Kier molecular flexibility index (Phi) is 4.31. The number of anilines is 1. The van der Waals surface area contributed by atoms with Crippen molar-refractivity contribution in [2.45, 2.75) is 43.8 Å². The molecule has 5 heterocycles. The zero-order valence-corrected chi connectivity index (χ0v) is 15.7. The Morgan fingerprint density at radius 2 is 2.00 bits per heavy atom. The summed E-state index contributed by atoms with van der Waals surface area (Å²) in [5.74, 6) is -2.00. The first-order chi connectivity index (χ1) is 13.5. The molecule has 3 aliphatic heterocycles. The van der Waals surface area contributed by atoms with E-state index in [0.29, 0.717) is 32.3 Å². The van der Waals surface area contributed by atoms with Gasteiger partial charge in [0.1, 0.15) is 0 Å². The predicted octanol–water partition coefficient (Wildman–Crippen LogP) is 2.11. The Morgan fingerprint density at radius 3 is 2.79 bits per heavy atom. The molecule has 3 aliphatic rings. The molecule has 150 valence electrons. The molecule has 0 amide bonds. The Bertz CT molecular complexity index is 835. The van der Waals surface area contributed by atoms with Crippen molar-refractivity contribution in [1.29, 1.82) is 0 Å². The first kappa shape index (κ1) is 17.9. The maximum atomic E-state index is 13.5. The van der Waals surface area contributed by atoms with E-state index < -0.39 is 5.92 Å². The lowest BCUT2D eigenvalue weighted by atomic mass is 9.80. The molecular weight excluding hydrogens is 366 g/mol. The van der Waals surface area contributed by atoms with E-state index in [4.69, 9.17) is 9.72 Å². The van der Waals surface area contributed by atoms with Crippen LogP contribution >= 0.6 is 0 Å². The van der Waals surface area contributed by atoms with E-state index in [2.05, 4.69) is 19.9 Å². The number of H-pyrrole nitrogens is 1. The topological polar surface area (TPSA) is 70.2 Å². The number of aromatic nitrogens is 4. The summed E-state index contributed by atoms with van der Waals surface area (Å²) in [6.07, 6.45) is 6.05. The molecule has 2 saturated heterocycles. The molecule has 0 aliphatic carbocycles. The molecule has 2 aromatic rings. The van der Waals surface area contributed by atoms with Gasteiger partial charge in [0.25, 0.3) is 5.92 Å². The summed E-state index contributed by atoms with van der Waals surface area (Å²) in [5.41, 5.74) is 2.98. The van der Waals surface area contributed by atoms with E-state index in [0.717, 1.165) is 43.0 Å². The van der Waals surface area contributed by atoms with Crippen molar-refractivity contribution < 1.29 is 13.5 Å². The largest absolute Gasteiger partial charge is 0.376 e. The Labute approximate surface area is 162 Å². The molecule has 0 radical (unpaired) electrons. The molecule has 0 saturated carbocycles. The molecule has 0 bridgehead atoms. The lowest BCUT2D eigenvalue weighted by Crippen LogP contribution is -2.43. The number of halogens is 2. The maximum Gasteiger partial charge on any atom is 0.251 e. The first-order valence-electron chi connectivity index (χ1n) is 9.80. The van der Waals surface area contributed by atoms with Crippen LogP contribution in [0.15, 0.2) is 18.7 Å². The van der Waals surface area contributed by atoms with E-state index in [-0.39, 0.29) is 18.3 Å². The first-order valence-corrected chi connectivity index (χ1v) is 9.80. The van der Waals surface area contributed by atoms with Crippen molar-refractivity contribution in [1.82, 2.24) is 24.8 Å². The summed E-state index contributed by atoms with van der Waals surface area (Å²) in [7, 11) is 0. The summed E-state index contributed by atoms with van der Waals surface area (Å²) >= 11 is 0. The monoisotopic (exact) mass is 390 g/mol. The number of aromatic amines is 1. The highest BCUT2D eigenvalue weighted by Crippen LogP contribution is 2.40. The van der Waals surface area contributed by atoms with E-state index >= 15 is 0 Å².